The molecule has 0 aliphatic carbocycles. The third kappa shape index (κ3) is 6.16. The number of carbonyl (C=O) groups is 2. The molecule has 0 aliphatic heterocycles. The molecule has 0 saturated carbocycles. The number of para-hydroxylation sites is 1. The smallest absolute Gasteiger partial charge is 0.414 e. The lowest BCUT2D eigenvalue weighted by atomic mass is 10.1. The van der Waals surface area contributed by atoms with Gasteiger partial charge in [0.25, 0.3) is 0 Å². The molecule has 0 bridgehead atoms. The average molecular weight is 364 g/mol. The SMILES string of the molecule is Cc1c(C)n(CC(O)CNC(C)(C)C)c2ccccc12.O=C(O)C(=O)O. The van der Waals surface area contributed by atoms with Crippen molar-refractivity contribution in [2.24, 2.45) is 0 Å². The number of hydrogen-bond donors (Lipinski definition) is 4. The van der Waals surface area contributed by atoms with Crippen LogP contribution in [0.5, 0.6) is 0 Å². The van der Waals surface area contributed by atoms with Gasteiger partial charge in [-0.05, 0) is 46.2 Å². The van der Waals surface area contributed by atoms with Crippen molar-refractivity contribution in [2.75, 3.05) is 6.54 Å². The topological polar surface area (TPSA) is 112 Å². The molecule has 4 N–H and O–H groups in total. The molecule has 1 aromatic carbocycles. The predicted octanol–water partition coefficient (Wildman–Crippen LogP) is 2.16. The molecule has 0 amide bonds. The van der Waals surface area contributed by atoms with Crippen molar-refractivity contribution < 1.29 is 24.9 Å². The first-order valence-corrected chi connectivity index (χ1v) is 8.37. The normalized spacial score (nSPS) is 12.4. The van der Waals surface area contributed by atoms with Gasteiger partial charge in [-0.1, -0.05) is 18.2 Å². The highest BCUT2D eigenvalue weighted by atomic mass is 16.4. The maximum absolute atomic E-state index is 10.3. The van der Waals surface area contributed by atoms with Crippen molar-refractivity contribution in [2.45, 2.75) is 52.8 Å². The van der Waals surface area contributed by atoms with Crippen LogP contribution in [0, 0.1) is 13.8 Å². The molecule has 7 heteroatoms. The third-order valence-electron chi connectivity index (χ3n) is 3.99. The van der Waals surface area contributed by atoms with E-state index in [1.165, 1.54) is 22.2 Å². The molecular weight excluding hydrogens is 336 g/mol. The largest absolute Gasteiger partial charge is 0.473 e. The first-order chi connectivity index (χ1) is 11.9. The molecule has 0 aliphatic rings. The fourth-order valence-electron chi connectivity index (χ4n) is 2.54. The van der Waals surface area contributed by atoms with Crippen LogP contribution in [0.2, 0.25) is 0 Å². The number of benzene rings is 1. The first-order valence-electron chi connectivity index (χ1n) is 8.37. The van der Waals surface area contributed by atoms with Crippen molar-refractivity contribution in [3.8, 4) is 0 Å². The van der Waals surface area contributed by atoms with Crippen LogP contribution < -0.4 is 5.32 Å². The molecule has 2 aromatic rings. The van der Waals surface area contributed by atoms with Gasteiger partial charge in [0.15, 0.2) is 0 Å². The van der Waals surface area contributed by atoms with Crippen molar-refractivity contribution in [3.05, 3.63) is 35.5 Å². The summed E-state index contributed by atoms with van der Waals surface area (Å²) in [5, 5.41) is 29.7. The van der Waals surface area contributed by atoms with E-state index in [0.717, 1.165) is 0 Å². The number of fused-ring (bicyclic) bond motifs is 1. The summed E-state index contributed by atoms with van der Waals surface area (Å²) in [4.78, 5) is 18.2. The zero-order valence-electron chi connectivity index (χ0n) is 15.9. The van der Waals surface area contributed by atoms with Crippen LogP contribution in [-0.2, 0) is 16.1 Å². The number of aliphatic carboxylic acids is 2. The van der Waals surface area contributed by atoms with Gasteiger partial charge in [-0.2, -0.15) is 0 Å². The van der Waals surface area contributed by atoms with Gasteiger partial charge < -0.3 is 25.2 Å². The second kappa shape index (κ2) is 8.82. The molecule has 0 spiro atoms. The number of β-amino-alcohol motifs (C(OH)–C–C–N with tert-alkyl or cyclic N) is 1. The molecule has 7 nitrogen and oxygen atoms in total. The Hall–Kier alpha value is -2.38. The van der Waals surface area contributed by atoms with E-state index >= 15 is 0 Å². The van der Waals surface area contributed by atoms with Crippen LogP contribution in [0.15, 0.2) is 24.3 Å². The van der Waals surface area contributed by atoms with Crippen molar-refractivity contribution in [1.82, 2.24) is 9.88 Å². The van der Waals surface area contributed by atoms with Crippen LogP contribution in [-0.4, -0.2) is 50.0 Å². The minimum Gasteiger partial charge on any atom is -0.473 e. The van der Waals surface area contributed by atoms with Crippen molar-refractivity contribution in [3.63, 3.8) is 0 Å². The summed E-state index contributed by atoms with van der Waals surface area (Å²) in [6, 6.07) is 8.39. The number of aliphatic hydroxyl groups excluding tert-OH is 1. The van der Waals surface area contributed by atoms with Crippen LogP contribution in [0.3, 0.4) is 0 Å². The van der Waals surface area contributed by atoms with Crippen LogP contribution in [0.1, 0.15) is 32.0 Å². The Kier molecular flexibility index (Phi) is 7.35. The fourth-order valence-corrected chi connectivity index (χ4v) is 2.54. The molecule has 26 heavy (non-hydrogen) atoms. The van der Waals surface area contributed by atoms with Gasteiger partial charge in [0, 0.05) is 28.7 Å². The lowest BCUT2D eigenvalue weighted by molar-refractivity contribution is -0.159. The minimum atomic E-state index is -1.82. The summed E-state index contributed by atoms with van der Waals surface area (Å²) >= 11 is 0. The van der Waals surface area contributed by atoms with E-state index in [1.54, 1.807) is 0 Å². The standard InChI is InChI=1S/C17H26N2O.C2H2O4/c1-12-13(2)19(16-9-7-6-8-15(12)16)11-14(20)10-18-17(3,4)5;3-1(4)2(5)6/h6-9,14,18,20H,10-11H2,1-5H3;(H,3,4)(H,5,6). The molecule has 1 unspecified atom stereocenters. The number of nitrogens with one attached hydrogen (secondary N) is 1. The number of aryl methyl sites for hydroxylation is 1. The maximum atomic E-state index is 10.3. The summed E-state index contributed by atoms with van der Waals surface area (Å²) in [5.74, 6) is -3.65. The Morgan fingerprint density at radius 2 is 1.65 bits per heavy atom. The van der Waals surface area contributed by atoms with Gasteiger partial charge in [0.05, 0.1) is 12.6 Å². The molecule has 0 fully saturated rings. The number of aromatic nitrogens is 1. The van der Waals surface area contributed by atoms with Gasteiger partial charge in [-0.15, -0.1) is 0 Å². The zero-order valence-corrected chi connectivity index (χ0v) is 15.9. The van der Waals surface area contributed by atoms with E-state index in [9.17, 15) is 5.11 Å². The molecule has 0 radical (unpaired) electrons. The molecule has 1 atom stereocenters. The Balaban J connectivity index is 0.000000487. The first kappa shape index (κ1) is 21.7. The molecule has 144 valence electrons. The number of carboxylic acids is 2. The average Bonchev–Trinajstić information content (AvgIpc) is 2.78. The highest BCUT2D eigenvalue weighted by Crippen LogP contribution is 2.25. The number of hydrogen-bond acceptors (Lipinski definition) is 4. The van der Waals surface area contributed by atoms with E-state index in [2.05, 4.69) is 68.8 Å². The second-order valence-electron chi connectivity index (χ2n) is 7.23. The summed E-state index contributed by atoms with van der Waals surface area (Å²) in [6.07, 6.45) is -0.386. The zero-order chi connectivity index (χ0) is 20.1. The summed E-state index contributed by atoms with van der Waals surface area (Å²) in [7, 11) is 0. The van der Waals surface area contributed by atoms with E-state index in [0.29, 0.717) is 13.1 Å². The summed E-state index contributed by atoms with van der Waals surface area (Å²) in [5.41, 5.74) is 3.78. The maximum Gasteiger partial charge on any atom is 0.414 e. The van der Waals surface area contributed by atoms with Gasteiger partial charge in [-0.25, -0.2) is 9.59 Å². The number of aliphatic hydroxyl groups is 1. The van der Waals surface area contributed by atoms with Gasteiger partial charge in [0.2, 0.25) is 0 Å². The Morgan fingerprint density at radius 3 is 2.15 bits per heavy atom. The van der Waals surface area contributed by atoms with Crippen molar-refractivity contribution >= 4 is 22.8 Å². The lowest BCUT2D eigenvalue weighted by Gasteiger charge is -2.23. The van der Waals surface area contributed by atoms with E-state index in [-0.39, 0.29) is 11.6 Å². The molecule has 1 aromatic heterocycles. The van der Waals surface area contributed by atoms with Gasteiger partial charge >= 0.3 is 11.9 Å². The highest BCUT2D eigenvalue weighted by molar-refractivity contribution is 6.27. The van der Waals surface area contributed by atoms with Crippen molar-refractivity contribution in [1.29, 1.82) is 0 Å². The summed E-state index contributed by atoms with van der Waals surface area (Å²) in [6.45, 7) is 11.8. The number of rotatable bonds is 4. The Morgan fingerprint density at radius 1 is 1.12 bits per heavy atom. The predicted molar refractivity (Wildman–Crippen MR) is 100 cm³/mol. The fraction of sp³-hybridized carbons (Fsp3) is 0.474. The molecule has 1 heterocycles. The van der Waals surface area contributed by atoms with E-state index in [4.69, 9.17) is 19.8 Å². The van der Waals surface area contributed by atoms with Gasteiger partial charge in [0.1, 0.15) is 0 Å². The minimum absolute atomic E-state index is 0.0324. The monoisotopic (exact) mass is 364 g/mol. The number of carboxylic acid groups (broad SMARTS) is 2. The summed E-state index contributed by atoms with van der Waals surface area (Å²) < 4.78 is 2.22. The highest BCUT2D eigenvalue weighted by Gasteiger charge is 2.16. The quantitative estimate of drug-likeness (QED) is 0.619. The van der Waals surface area contributed by atoms with Crippen LogP contribution in [0.4, 0.5) is 0 Å². The van der Waals surface area contributed by atoms with E-state index in [1.807, 2.05) is 0 Å². The molecular formula is C19H28N2O5. The molecule has 2 rings (SSSR count). The van der Waals surface area contributed by atoms with E-state index < -0.39 is 11.9 Å². The second-order valence-corrected chi connectivity index (χ2v) is 7.23. The van der Waals surface area contributed by atoms with Crippen LogP contribution >= 0.6 is 0 Å². The number of nitrogens with zero attached hydrogens (tertiary/aromatic N) is 1. The third-order valence-corrected chi connectivity index (χ3v) is 3.99. The van der Waals surface area contributed by atoms with Gasteiger partial charge in [-0.3, -0.25) is 0 Å². The molecule has 0 saturated heterocycles. The lowest BCUT2D eigenvalue weighted by Crippen LogP contribution is -2.42. The Labute approximate surface area is 153 Å². The Bertz CT molecular complexity index is 762. The van der Waals surface area contributed by atoms with Crippen LogP contribution in [0.25, 0.3) is 10.9 Å².